The van der Waals surface area contributed by atoms with E-state index in [1.165, 1.54) is 22.5 Å². The van der Waals surface area contributed by atoms with E-state index in [4.69, 9.17) is 0 Å². The van der Waals surface area contributed by atoms with Gasteiger partial charge in [-0.1, -0.05) is 11.3 Å². The second-order valence-corrected chi connectivity index (χ2v) is 5.89. The number of nitrogens with zero attached hydrogens (tertiary/aromatic N) is 4. The Morgan fingerprint density at radius 1 is 1.23 bits per heavy atom. The lowest BCUT2D eigenvalue weighted by Gasteiger charge is -2.06. The third-order valence-corrected chi connectivity index (χ3v) is 4.19. The highest BCUT2D eigenvalue weighted by atomic mass is 32.1. The Labute approximate surface area is 131 Å². The number of aryl methyl sites for hydroxylation is 2. The average molecular weight is 313 g/mol. The highest BCUT2D eigenvalue weighted by Crippen LogP contribution is 2.17. The molecule has 0 saturated heterocycles. The van der Waals surface area contributed by atoms with E-state index in [0.29, 0.717) is 16.5 Å². The van der Waals surface area contributed by atoms with Gasteiger partial charge in [-0.3, -0.25) is 10.1 Å². The van der Waals surface area contributed by atoms with Crippen LogP contribution in [-0.4, -0.2) is 25.9 Å². The third-order valence-electron chi connectivity index (χ3n) is 3.50. The molecule has 0 fully saturated rings. The van der Waals surface area contributed by atoms with Gasteiger partial charge >= 0.3 is 0 Å². The summed E-state index contributed by atoms with van der Waals surface area (Å²) in [6.45, 7) is 5.92. The molecule has 1 amide bonds. The van der Waals surface area contributed by atoms with Crippen molar-refractivity contribution in [3.05, 3.63) is 52.3 Å². The number of amides is 1. The van der Waals surface area contributed by atoms with Gasteiger partial charge in [0, 0.05) is 11.6 Å². The molecular weight excluding hydrogens is 298 g/mol. The molecule has 0 saturated carbocycles. The van der Waals surface area contributed by atoms with Crippen LogP contribution in [0.5, 0.6) is 0 Å². The molecule has 0 spiro atoms. The molecule has 1 N–H and O–H groups in total. The molecule has 7 heteroatoms. The first-order valence-corrected chi connectivity index (χ1v) is 7.65. The first-order chi connectivity index (χ1) is 10.6. The van der Waals surface area contributed by atoms with Gasteiger partial charge in [-0.25, -0.2) is 9.67 Å². The number of benzene rings is 1. The Morgan fingerprint density at radius 3 is 2.73 bits per heavy atom. The molecule has 0 bridgehead atoms. The quantitative estimate of drug-likeness (QED) is 0.807. The van der Waals surface area contributed by atoms with E-state index in [1.807, 2.05) is 32.0 Å². The number of thiazole rings is 1. The van der Waals surface area contributed by atoms with Crippen molar-refractivity contribution >= 4 is 22.4 Å². The lowest BCUT2D eigenvalue weighted by molar-refractivity contribution is 0.102. The molecule has 3 rings (SSSR count). The Hall–Kier alpha value is -2.54. The summed E-state index contributed by atoms with van der Waals surface area (Å²) >= 11 is 1.36. The van der Waals surface area contributed by atoms with Gasteiger partial charge in [0.05, 0.1) is 11.4 Å². The summed E-state index contributed by atoms with van der Waals surface area (Å²) in [5.74, 6) is -0.303. The Kier molecular flexibility index (Phi) is 3.72. The molecule has 0 atom stereocenters. The SMILES string of the molecule is Cc1ccc(-n2nnc(C(=O)Nc3nccs3)c2C)cc1C. The van der Waals surface area contributed by atoms with E-state index >= 15 is 0 Å². The number of aromatic nitrogens is 4. The summed E-state index contributed by atoms with van der Waals surface area (Å²) in [4.78, 5) is 16.3. The zero-order valence-electron chi connectivity index (χ0n) is 12.5. The minimum Gasteiger partial charge on any atom is -0.296 e. The molecule has 0 radical (unpaired) electrons. The van der Waals surface area contributed by atoms with Crippen molar-refractivity contribution in [2.75, 3.05) is 5.32 Å². The van der Waals surface area contributed by atoms with Crippen molar-refractivity contribution in [1.82, 2.24) is 20.0 Å². The number of rotatable bonds is 3. The predicted octanol–water partition coefficient (Wildman–Crippen LogP) is 2.90. The highest BCUT2D eigenvalue weighted by molar-refractivity contribution is 7.13. The second-order valence-electron chi connectivity index (χ2n) is 5.00. The van der Waals surface area contributed by atoms with Gasteiger partial charge < -0.3 is 0 Å². The standard InChI is InChI=1S/C15H15N5OS/c1-9-4-5-12(8-10(9)2)20-11(3)13(18-19-20)14(21)17-15-16-6-7-22-15/h4-8H,1-3H3,(H,16,17,21). The first kappa shape index (κ1) is 14.4. The average Bonchev–Trinajstić information content (AvgIpc) is 3.11. The monoisotopic (exact) mass is 313 g/mol. The predicted molar refractivity (Wildman–Crippen MR) is 85.6 cm³/mol. The first-order valence-electron chi connectivity index (χ1n) is 6.77. The van der Waals surface area contributed by atoms with Crippen molar-refractivity contribution in [2.24, 2.45) is 0 Å². The molecule has 3 aromatic rings. The molecule has 2 aromatic heterocycles. The molecule has 0 unspecified atom stereocenters. The molecular formula is C15H15N5OS. The number of nitrogens with one attached hydrogen (secondary N) is 1. The minimum atomic E-state index is -0.303. The van der Waals surface area contributed by atoms with Crippen LogP contribution < -0.4 is 5.32 Å². The van der Waals surface area contributed by atoms with E-state index in [1.54, 1.807) is 16.3 Å². The number of hydrogen-bond donors (Lipinski definition) is 1. The largest absolute Gasteiger partial charge is 0.296 e. The van der Waals surface area contributed by atoms with Gasteiger partial charge in [-0.2, -0.15) is 0 Å². The van der Waals surface area contributed by atoms with E-state index in [0.717, 1.165) is 5.69 Å². The zero-order valence-corrected chi connectivity index (χ0v) is 13.3. The molecule has 1 aromatic carbocycles. The smallest absolute Gasteiger partial charge is 0.279 e. The molecule has 6 nitrogen and oxygen atoms in total. The number of hydrogen-bond acceptors (Lipinski definition) is 5. The lowest BCUT2D eigenvalue weighted by atomic mass is 10.1. The Morgan fingerprint density at radius 2 is 2.05 bits per heavy atom. The van der Waals surface area contributed by atoms with Crippen LogP contribution in [0.3, 0.4) is 0 Å². The normalized spacial score (nSPS) is 10.7. The number of carbonyl (C=O) groups is 1. The fourth-order valence-electron chi connectivity index (χ4n) is 2.08. The summed E-state index contributed by atoms with van der Waals surface area (Å²) in [6.07, 6.45) is 1.64. The van der Waals surface area contributed by atoms with E-state index < -0.39 is 0 Å². The van der Waals surface area contributed by atoms with Gasteiger partial charge in [0.15, 0.2) is 10.8 Å². The molecule has 2 heterocycles. The summed E-state index contributed by atoms with van der Waals surface area (Å²) < 4.78 is 1.67. The molecule has 0 aliphatic rings. The fraction of sp³-hybridized carbons (Fsp3) is 0.200. The van der Waals surface area contributed by atoms with Crippen LogP contribution >= 0.6 is 11.3 Å². The highest BCUT2D eigenvalue weighted by Gasteiger charge is 2.18. The van der Waals surface area contributed by atoms with E-state index in [-0.39, 0.29) is 5.91 Å². The summed E-state index contributed by atoms with van der Waals surface area (Å²) in [7, 11) is 0. The van der Waals surface area contributed by atoms with Crippen LogP contribution in [0.1, 0.15) is 27.3 Å². The number of anilines is 1. The van der Waals surface area contributed by atoms with Crippen molar-refractivity contribution in [2.45, 2.75) is 20.8 Å². The molecule has 22 heavy (non-hydrogen) atoms. The van der Waals surface area contributed by atoms with Crippen molar-refractivity contribution < 1.29 is 4.79 Å². The zero-order chi connectivity index (χ0) is 15.7. The van der Waals surface area contributed by atoms with Crippen molar-refractivity contribution in [3.8, 4) is 5.69 Å². The Bertz CT molecular complexity index is 823. The molecule has 0 aliphatic carbocycles. The van der Waals surface area contributed by atoms with Crippen LogP contribution in [0, 0.1) is 20.8 Å². The molecule has 0 aliphatic heterocycles. The maximum atomic E-state index is 12.2. The Balaban J connectivity index is 1.91. The molecule has 112 valence electrons. The summed E-state index contributed by atoms with van der Waals surface area (Å²) in [5, 5.41) is 13.2. The number of carbonyl (C=O) groups excluding carboxylic acids is 1. The minimum absolute atomic E-state index is 0.299. The second kappa shape index (κ2) is 5.69. The van der Waals surface area contributed by atoms with Crippen LogP contribution in [0.4, 0.5) is 5.13 Å². The summed E-state index contributed by atoms with van der Waals surface area (Å²) in [5.41, 5.74) is 4.26. The summed E-state index contributed by atoms with van der Waals surface area (Å²) in [6, 6.07) is 6.02. The van der Waals surface area contributed by atoms with Gasteiger partial charge in [0.25, 0.3) is 5.91 Å². The van der Waals surface area contributed by atoms with Crippen LogP contribution in [-0.2, 0) is 0 Å². The maximum absolute atomic E-state index is 12.2. The third kappa shape index (κ3) is 2.62. The van der Waals surface area contributed by atoms with Gasteiger partial charge in [0.2, 0.25) is 0 Å². The topological polar surface area (TPSA) is 72.7 Å². The van der Waals surface area contributed by atoms with Gasteiger partial charge in [-0.15, -0.1) is 16.4 Å². The van der Waals surface area contributed by atoms with Crippen LogP contribution in [0.25, 0.3) is 5.69 Å². The van der Waals surface area contributed by atoms with Crippen molar-refractivity contribution in [3.63, 3.8) is 0 Å². The van der Waals surface area contributed by atoms with E-state index in [9.17, 15) is 4.79 Å². The van der Waals surface area contributed by atoms with Crippen molar-refractivity contribution in [1.29, 1.82) is 0 Å². The van der Waals surface area contributed by atoms with Crippen LogP contribution in [0.15, 0.2) is 29.8 Å². The van der Waals surface area contributed by atoms with E-state index in [2.05, 4.69) is 27.5 Å². The van der Waals surface area contributed by atoms with Gasteiger partial charge in [-0.05, 0) is 44.0 Å². The maximum Gasteiger partial charge on any atom is 0.279 e. The van der Waals surface area contributed by atoms with Crippen LogP contribution in [0.2, 0.25) is 0 Å². The fourth-order valence-corrected chi connectivity index (χ4v) is 2.61. The lowest BCUT2D eigenvalue weighted by Crippen LogP contribution is -2.14. The van der Waals surface area contributed by atoms with Gasteiger partial charge in [0.1, 0.15) is 0 Å².